The van der Waals surface area contributed by atoms with Crippen molar-refractivity contribution in [1.82, 2.24) is 4.98 Å². The van der Waals surface area contributed by atoms with Gasteiger partial charge in [0.25, 0.3) is 0 Å². The van der Waals surface area contributed by atoms with Crippen molar-refractivity contribution < 1.29 is 9.53 Å². The lowest BCUT2D eigenvalue weighted by Gasteiger charge is -2.19. The second-order valence-electron chi connectivity index (χ2n) is 4.17. The highest BCUT2D eigenvalue weighted by molar-refractivity contribution is 9.10. The van der Waals surface area contributed by atoms with Gasteiger partial charge < -0.3 is 4.74 Å². The van der Waals surface area contributed by atoms with E-state index in [1.165, 1.54) is 11.8 Å². The molecule has 1 aromatic heterocycles. The number of thioether (sulfide) groups is 1. The monoisotopic (exact) mass is 303 g/mol. The van der Waals surface area contributed by atoms with Crippen LogP contribution in [0.25, 0.3) is 0 Å². The molecule has 3 nitrogen and oxygen atoms in total. The summed E-state index contributed by atoms with van der Waals surface area (Å²) in [6.07, 6.45) is 1.70. The van der Waals surface area contributed by atoms with Crippen LogP contribution in [-0.2, 0) is 9.53 Å². The van der Waals surface area contributed by atoms with Crippen LogP contribution >= 0.6 is 27.7 Å². The minimum absolute atomic E-state index is 0.227. The number of halogens is 1. The molecule has 0 unspecified atom stereocenters. The number of aromatic nitrogens is 1. The maximum absolute atomic E-state index is 11.5. The summed E-state index contributed by atoms with van der Waals surface area (Å²) in [5.74, 6) is 0.0439. The molecule has 5 heteroatoms. The van der Waals surface area contributed by atoms with Crippen molar-refractivity contribution in [2.24, 2.45) is 0 Å². The largest absolute Gasteiger partial charge is 0.459 e. The van der Waals surface area contributed by atoms with Crippen LogP contribution in [0.1, 0.15) is 20.8 Å². The lowest BCUT2D eigenvalue weighted by atomic mass is 10.2. The van der Waals surface area contributed by atoms with Gasteiger partial charge in [0.15, 0.2) is 0 Å². The van der Waals surface area contributed by atoms with Gasteiger partial charge in [0.2, 0.25) is 0 Å². The Bertz CT molecular complexity index is 376. The van der Waals surface area contributed by atoms with Crippen molar-refractivity contribution in [1.29, 1.82) is 0 Å². The zero-order chi connectivity index (χ0) is 12.2. The first-order chi connectivity index (χ1) is 7.38. The Morgan fingerprint density at radius 2 is 2.25 bits per heavy atom. The molecule has 0 amide bonds. The molecule has 0 saturated heterocycles. The van der Waals surface area contributed by atoms with Gasteiger partial charge in [0.1, 0.15) is 10.6 Å². The van der Waals surface area contributed by atoms with Gasteiger partial charge in [-0.1, -0.05) is 11.8 Å². The average molecular weight is 304 g/mol. The highest BCUT2D eigenvalue weighted by Gasteiger charge is 2.16. The maximum Gasteiger partial charge on any atom is 0.316 e. The van der Waals surface area contributed by atoms with Crippen molar-refractivity contribution in [3.63, 3.8) is 0 Å². The van der Waals surface area contributed by atoms with Crippen molar-refractivity contribution in [3.05, 3.63) is 22.8 Å². The molecule has 0 saturated carbocycles. The number of pyridine rings is 1. The predicted molar refractivity (Wildman–Crippen MR) is 68.5 cm³/mol. The number of hydrogen-bond donors (Lipinski definition) is 0. The van der Waals surface area contributed by atoms with Gasteiger partial charge in [-0.3, -0.25) is 4.79 Å². The molecule has 0 aromatic carbocycles. The topological polar surface area (TPSA) is 39.2 Å². The smallest absolute Gasteiger partial charge is 0.316 e. The molecule has 0 atom stereocenters. The van der Waals surface area contributed by atoms with Crippen LogP contribution in [0.5, 0.6) is 0 Å². The third-order valence-corrected chi connectivity index (χ3v) is 3.35. The fourth-order valence-electron chi connectivity index (χ4n) is 0.976. The Morgan fingerprint density at radius 3 is 2.81 bits per heavy atom. The van der Waals surface area contributed by atoms with Crippen LogP contribution in [0.3, 0.4) is 0 Å². The molecule has 1 heterocycles. The molecular formula is C11H14BrNO2S. The van der Waals surface area contributed by atoms with Gasteiger partial charge in [-0.05, 0) is 48.8 Å². The van der Waals surface area contributed by atoms with Crippen LogP contribution in [-0.4, -0.2) is 22.3 Å². The first kappa shape index (κ1) is 13.5. The van der Waals surface area contributed by atoms with E-state index >= 15 is 0 Å². The number of rotatable bonds is 3. The van der Waals surface area contributed by atoms with Crippen LogP contribution in [0, 0.1) is 0 Å². The van der Waals surface area contributed by atoms with E-state index in [-0.39, 0.29) is 11.7 Å². The number of ether oxygens (including phenoxy) is 1. The Labute approximate surface area is 108 Å². The molecular weight excluding hydrogens is 290 g/mol. The van der Waals surface area contributed by atoms with Gasteiger partial charge in [0.05, 0.1) is 5.75 Å². The molecule has 0 N–H and O–H groups in total. The summed E-state index contributed by atoms with van der Waals surface area (Å²) in [6, 6.07) is 3.73. The predicted octanol–water partition coefficient (Wildman–Crippen LogP) is 3.28. The number of nitrogens with zero attached hydrogens (tertiary/aromatic N) is 1. The Balaban J connectivity index is 2.47. The molecule has 1 aromatic rings. The summed E-state index contributed by atoms with van der Waals surface area (Å²) in [5.41, 5.74) is -0.432. The number of carbonyl (C=O) groups is 1. The highest BCUT2D eigenvalue weighted by atomic mass is 79.9. The van der Waals surface area contributed by atoms with E-state index in [1.807, 2.05) is 32.9 Å². The lowest BCUT2D eigenvalue weighted by molar-refractivity contribution is -0.151. The van der Waals surface area contributed by atoms with Crippen molar-refractivity contribution in [3.8, 4) is 0 Å². The molecule has 0 radical (unpaired) electrons. The molecule has 0 aliphatic carbocycles. The summed E-state index contributed by atoms with van der Waals surface area (Å²) >= 11 is 4.74. The van der Waals surface area contributed by atoms with E-state index in [2.05, 4.69) is 20.9 Å². The van der Waals surface area contributed by atoms with Crippen LogP contribution < -0.4 is 0 Å². The fourth-order valence-corrected chi connectivity index (χ4v) is 2.23. The van der Waals surface area contributed by atoms with Gasteiger partial charge in [-0.25, -0.2) is 4.98 Å². The van der Waals surface area contributed by atoms with Crippen molar-refractivity contribution >= 4 is 33.7 Å². The lowest BCUT2D eigenvalue weighted by Crippen LogP contribution is -2.24. The van der Waals surface area contributed by atoms with E-state index in [9.17, 15) is 4.79 Å². The SMILES string of the molecule is CC(C)(C)OC(=O)CSc1ncccc1Br. The molecule has 0 bridgehead atoms. The minimum atomic E-state index is -0.432. The number of esters is 1. The van der Waals surface area contributed by atoms with Gasteiger partial charge >= 0.3 is 5.97 Å². The first-order valence-electron chi connectivity index (χ1n) is 4.83. The first-order valence-corrected chi connectivity index (χ1v) is 6.61. The second-order valence-corrected chi connectivity index (χ2v) is 5.98. The molecule has 0 spiro atoms. The van der Waals surface area contributed by atoms with Crippen LogP contribution in [0.4, 0.5) is 0 Å². The third-order valence-electron chi connectivity index (χ3n) is 1.47. The standard InChI is InChI=1S/C11H14BrNO2S/c1-11(2,3)15-9(14)7-16-10-8(12)5-4-6-13-10/h4-6H,7H2,1-3H3. The van der Waals surface area contributed by atoms with E-state index < -0.39 is 5.60 Å². The van der Waals surface area contributed by atoms with Crippen molar-refractivity contribution in [2.75, 3.05) is 5.75 Å². The third kappa shape index (κ3) is 4.99. The van der Waals surface area contributed by atoms with Crippen LogP contribution in [0.15, 0.2) is 27.8 Å². The maximum atomic E-state index is 11.5. The zero-order valence-electron chi connectivity index (χ0n) is 9.49. The summed E-state index contributed by atoms with van der Waals surface area (Å²) in [5, 5.41) is 0.799. The van der Waals surface area contributed by atoms with Gasteiger partial charge in [0, 0.05) is 10.7 Å². The summed E-state index contributed by atoms with van der Waals surface area (Å²) in [7, 11) is 0. The van der Waals surface area contributed by atoms with Crippen LogP contribution in [0.2, 0.25) is 0 Å². The summed E-state index contributed by atoms with van der Waals surface area (Å²) in [6.45, 7) is 5.56. The molecule has 0 aliphatic rings. The van der Waals surface area contributed by atoms with Gasteiger partial charge in [-0.2, -0.15) is 0 Å². The highest BCUT2D eigenvalue weighted by Crippen LogP contribution is 2.24. The zero-order valence-corrected chi connectivity index (χ0v) is 11.9. The molecule has 0 fully saturated rings. The minimum Gasteiger partial charge on any atom is -0.459 e. The fraction of sp³-hybridized carbons (Fsp3) is 0.455. The molecule has 16 heavy (non-hydrogen) atoms. The quantitative estimate of drug-likeness (QED) is 0.634. The average Bonchev–Trinajstić information content (AvgIpc) is 2.14. The second kappa shape index (κ2) is 5.68. The molecule has 0 aliphatic heterocycles. The Kier molecular flexibility index (Phi) is 4.80. The Morgan fingerprint density at radius 1 is 1.56 bits per heavy atom. The van der Waals surface area contributed by atoms with E-state index in [0.29, 0.717) is 0 Å². The number of hydrogen-bond acceptors (Lipinski definition) is 4. The molecule has 88 valence electrons. The number of carbonyl (C=O) groups excluding carboxylic acids is 1. The summed E-state index contributed by atoms with van der Waals surface area (Å²) in [4.78, 5) is 15.6. The van der Waals surface area contributed by atoms with Gasteiger partial charge in [-0.15, -0.1) is 0 Å². The summed E-state index contributed by atoms with van der Waals surface area (Å²) < 4.78 is 6.09. The normalized spacial score (nSPS) is 11.2. The van der Waals surface area contributed by atoms with E-state index in [4.69, 9.17) is 4.74 Å². The van der Waals surface area contributed by atoms with E-state index in [1.54, 1.807) is 6.20 Å². The molecule has 1 rings (SSSR count). The Hall–Kier alpha value is -0.550. The van der Waals surface area contributed by atoms with E-state index in [0.717, 1.165) is 9.50 Å². The van der Waals surface area contributed by atoms with Crippen molar-refractivity contribution in [2.45, 2.75) is 31.4 Å².